The Bertz CT molecular complexity index is 1210. The fourth-order valence-corrected chi connectivity index (χ4v) is 5.23. The molecule has 0 amide bonds. The largest absolute Gasteiger partial charge is 0.490 e. The number of benzene rings is 1. The van der Waals surface area contributed by atoms with Crippen LogP contribution in [0.5, 0.6) is 5.75 Å². The molecule has 0 aliphatic heterocycles. The second-order valence-electron chi connectivity index (χ2n) is 8.04. The Hall–Kier alpha value is -3.00. The predicted molar refractivity (Wildman–Crippen MR) is 122 cm³/mol. The van der Waals surface area contributed by atoms with Crippen LogP contribution in [0.15, 0.2) is 41.4 Å². The zero-order chi connectivity index (χ0) is 22.0. The highest BCUT2D eigenvalue weighted by molar-refractivity contribution is 7.98. The Labute approximate surface area is 186 Å². The molecule has 1 aromatic carbocycles. The summed E-state index contributed by atoms with van der Waals surface area (Å²) in [4.78, 5) is 5.27. The third-order valence-corrected chi connectivity index (χ3v) is 7.10. The van der Waals surface area contributed by atoms with E-state index in [-0.39, 0.29) is 5.54 Å². The van der Waals surface area contributed by atoms with E-state index >= 15 is 0 Å². The predicted octanol–water partition coefficient (Wildman–Crippen LogP) is 4.75. The van der Waals surface area contributed by atoms with Crippen molar-refractivity contribution in [3.8, 4) is 29.1 Å². The van der Waals surface area contributed by atoms with Crippen molar-refractivity contribution in [1.82, 2.24) is 9.38 Å². The molecule has 31 heavy (non-hydrogen) atoms. The summed E-state index contributed by atoms with van der Waals surface area (Å²) >= 11 is 1.49. The zero-order valence-electron chi connectivity index (χ0n) is 17.8. The van der Waals surface area contributed by atoms with Gasteiger partial charge in [-0.25, -0.2) is 4.98 Å². The topological polar surface area (TPSA) is 100 Å². The van der Waals surface area contributed by atoms with Gasteiger partial charge in [0.25, 0.3) is 0 Å². The van der Waals surface area contributed by atoms with Crippen LogP contribution < -0.4 is 10.5 Å². The summed E-state index contributed by atoms with van der Waals surface area (Å²) in [6.45, 7) is 2.55. The van der Waals surface area contributed by atoms with Crippen LogP contribution in [0.25, 0.3) is 16.9 Å². The van der Waals surface area contributed by atoms with Gasteiger partial charge >= 0.3 is 0 Å². The summed E-state index contributed by atoms with van der Waals surface area (Å²) < 4.78 is 8.06. The van der Waals surface area contributed by atoms with Crippen LogP contribution in [0.2, 0.25) is 0 Å². The number of hydrogen-bond donors (Lipinski definition) is 1. The molecular formula is C24H25N5OS. The number of aromatic nitrogens is 2. The van der Waals surface area contributed by atoms with Crippen LogP contribution in [0.1, 0.15) is 43.9 Å². The standard InChI is InChI=1S/C24H25N5OS/c1-3-17-6-5-9-24(17,27)15-30-21-10-16(11-22(31-2)19(21)13-26)20-14-28-23-8-4-7-18(12-25)29(20)23/h4,7-8,10-11,14,17H,3,5-6,9,15,27H2,1-2H3/t17-,24+/m0/s1. The molecule has 1 aliphatic carbocycles. The quantitative estimate of drug-likeness (QED) is 0.565. The highest BCUT2D eigenvalue weighted by atomic mass is 32.2. The molecule has 0 unspecified atom stereocenters. The molecule has 158 valence electrons. The molecule has 4 rings (SSSR count). The van der Waals surface area contributed by atoms with E-state index in [1.807, 2.05) is 34.9 Å². The second kappa shape index (κ2) is 8.63. The molecule has 0 bridgehead atoms. The molecule has 2 N–H and O–H groups in total. The summed E-state index contributed by atoms with van der Waals surface area (Å²) in [6.07, 6.45) is 7.88. The number of fused-ring (bicyclic) bond motifs is 1. The van der Waals surface area contributed by atoms with Gasteiger partial charge in [-0.1, -0.05) is 25.8 Å². The van der Waals surface area contributed by atoms with Gasteiger partial charge in [0, 0.05) is 10.5 Å². The molecule has 2 atom stereocenters. The van der Waals surface area contributed by atoms with Crippen LogP contribution in [0, 0.1) is 28.6 Å². The summed E-state index contributed by atoms with van der Waals surface area (Å²) in [7, 11) is 0. The van der Waals surface area contributed by atoms with E-state index in [9.17, 15) is 10.5 Å². The van der Waals surface area contributed by atoms with Crippen LogP contribution >= 0.6 is 11.8 Å². The van der Waals surface area contributed by atoms with Gasteiger partial charge in [0.05, 0.1) is 17.4 Å². The molecule has 7 heteroatoms. The third-order valence-electron chi connectivity index (χ3n) is 6.33. The lowest BCUT2D eigenvalue weighted by Gasteiger charge is -2.31. The number of nitriles is 2. The molecule has 0 spiro atoms. The number of imidazole rings is 1. The number of thioether (sulfide) groups is 1. The van der Waals surface area contributed by atoms with Gasteiger partial charge in [0.1, 0.15) is 41.4 Å². The summed E-state index contributed by atoms with van der Waals surface area (Å²) in [6, 6.07) is 13.8. The van der Waals surface area contributed by atoms with Crippen molar-refractivity contribution in [3.05, 3.63) is 47.8 Å². The van der Waals surface area contributed by atoms with E-state index in [0.717, 1.165) is 41.8 Å². The average molecular weight is 432 g/mol. The highest BCUT2D eigenvalue weighted by Crippen LogP contribution is 2.39. The molecule has 2 heterocycles. The molecule has 0 saturated heterocycles. The van der Waals surface area contributed by atoms with Gasteiger partial charge in [-0.3, -0.25) is 4.40 Å². The maximum absolute atomic E-state index is 9.82. The summed E-state index contributed by atoms with van der Waals surface area (Å²) in [5.41, 5.74) is 9.68. The van der Waals surface area contributed by atoms with Crippen molar-refractivity contribution < 1.29 is 4.74 Å². The molecule has 2 aromatic heterocycles. The Morgan fingerprint density at radius 1 is 1.32 bits per heavy atom. The van der Waals surface area contributed by atoms with Crippen molar-refractivity contribution in [2.45, 2.75) is 43.0 Å². The van der Waals surface area contributed by atoms with Gasteiger partial charge in [-0.05, 0) is 49.3 Å². The molecule has 1 aliphatic rings. The van der Waals surface area contributed by atoms with E-state index in [2.05, 4.69) is 24.0 Å². The SMILES string of the molecule is CC[C@H]1CCC[C@@]1(N)COc1cc(-c2cnc3cccc(C#N)n23)cc(SC)c1C#N. The molecule has 3 aromatic rings. The minimum Gasteiger partial charge on any atom is -0.490 e. The Morgan fingerprint density at radius 3 is 2.87 bits per heavy atom. The maximum atomic E-state index is 9.82. The van der Waals surface area contributed by atoms with Crippen LogP contribution in [0.4, 0.5) is 0 Å². The lowest BCUT2D eigenvalue weighted by Crippen LogP contribution is -2.48. The van der Waals surface area contributed by atoms with Gasteiger partial charge in [0.15, 0.2) is 0 Å². The molecule has 0 radical (unpaired) electrons. The first-order valence-corrected chi connectivity index (χ1v) is 11.7. The van der Waals surface area contributed by atoms with Gasteiger partial charge in [-0.2, -0.15) is 10.5 Å². The Kier molecular flexibility index (Phi) is 5.91. The van der Waals surface area contributed by atoms with Gasteiger partial charge in [-0.15, -0.1) is 11.8 Å². The van der Waals surface area contributed by atoms with E-state index in [4.69, 9.17) is 10.5 Å². The van der Waals surface area contributed by atoms with Gasteiger partial charge in [0.2, 0.25) is 0 Å². The highest BCUT2D eigenvalue weighted by Gasteiger charge is 2.39. The second-order valence-corrected chi connectivity index (χ2v) is 8.89. The smallest absolute Gasteiger partial charge is 0.138 e. The first-order valence-electron chi connectivity index (χ1n) is 10.5. The van der Waals surface area contributed by atoms with E-state index in [1.54, 1.807) is 12.3 Å². The van der Waals surface area contributed by atoms with E-state index in [0.29, 0.717) is 35.2 Å². The number of nitrogens with two attached hydrogens (primary N) is 1. The minimum absolute atomic E-state index is 0.367. The van der Waals surface area contributed by atoms with Gasteiger partial charge < -0.3 is 10.5 Å². The maximum Gasteiger partial charge on any atom is 0.138 e. The number of rotatable bonds is 6. The van der Waals surface area contributed by atoms with Crippen molar-refractivity contribution >= 4 is 17.4 Å². The van der Waals surface area contributed by atoms with Crippen molar-refractivity contribution in [1.29, 1.82) is 10.5 Å². The van der Waals surface area contributed by atoms with E-state index < -0.39 is 0 Å². The third kappa shape index (κ3) is 3.76. The number of nitrogens with zero attached hydrogens (tertiary/aromatic N) is 4. The number of ether oxygens (including phenoxy) is 1. The first kappa shape index (κ1) is 21.2. The number of pyridine rings is 1. The van der Waals surface area contributed by atoms with E-state index in [1.165, 1.54) is 11.8 Å². The fourth-order valence-electron chi connectivity index (χ4n) is 4.63. The van der Waals surface area contributed by atoms with Crippen molar-refractivity contribution in [3.63, 3.8) is 0 Å². The first-order chi connectivity index (χ1) is 15.0. The van der Waals surface area contributed by atoms with Crippen molar-refractivity contribution in [2.24, 2.45) is 11.7 Å². The molecule has 1 fully saturated rings. The normalized spacial score (nSPS) is 20.5. The molecular weight excluding hydrogens is 406 g/mol. The summed E-state index contributed by atoms with van der Waals surface area (Å²) in [5, 5.41) is 19.4. The number of hydrogen-bond acceptors (Lipinski definition) is 6. The van der Waals surface area contributed by atoms with Crippen LogP contribution in [0.3, 0.4) is 0 Å². The molecule has 6 nitrogen and oxygen atoms in total. The van der Waals surface area contributed by atoms with Crippen molar-refractivity contribution in [2.75, 3.05) is 12.9 Å². The lowest BCUT2D eigenvalue weighted by atomic mass is 9.87. The minimum atomic E-state index is -0.367. The average Bonchev–Trinajstić information content (AvgIpc) is 3.40. The Morgan fingerprint density at radius 2 is 2.16 bits per heavy atom. The fraction of sp³-hybridized carbons (Fsp3) is 0.375. The zero-order valence-corrected chi connectivity index (χ0v) is 18.6. The summed E-state index contributed by atoms with van der Waals surface area (Å²) in [5.74, 6) is 0.957. The Balaban J connectivity index is 1.78. The van der Waals surface area contributed by atoms with Crippen LogP contribution in [-0.4, -0.2) is 27.8 Å². The molecule has 1 saturated carbocycles. The lowest BCUT2D eigenvalue weighted by molar-refractivity contribution is 0.175. The monoisotopic (exact) mass is 431 g/mol. The van der Waals surface area contributed by atoms with Crippen LogP contribution in [-0.2, 0) is 0 Å².